The molecule has 0 N–H and O–H groups in total. The van der Waals surface area contributed by atoms with E-state index < -0.39 is 23.6 Å². The second-order valence-electron chi connectivity index (χ2n) is 5.27. The van der Waals surface area contributed by atoms with Crippen LogP contribution in [0, 0.1) is 5.82 Å². The highest BCUT2D eigenvalue weighted by atomic mass is 19.1. The van der Waals surface area contributed by atoms with Crippen molar-refractivity contribution in [2.75, 3.05) is 19.8 Å². The van der Waals surface area contributed by atoms with Crippen molar-refractivity contribution in [2.24, 2.45) is 0 Å². The van der Waals surface area contributed by atoms with Crippen LogP contribution < -0.4 is 4.74 Å². The molecule has 25 heavy (non-hydrogen) atoms. The van der Waals surface area contributed by atoms with Gasteiger partial charge in [0.1, 0.15) is 18.2 Å². The molecule has 7 heteroatoms. The Morgan fingerprint density at radius 1 is 0.960 bits per heavy atom. The minimum absolute atomic E-state index is 0.0331. The van der Waals surface area contributed by atoms with Crippen LogP contribution in [-0.4, -0.2) is 42.4 Å². The van der Waals surface area contributed by atoms with E-state index in [1.165, 1.54) is 24.3 Å². The molecular formula is C18H14FNO5. The second-order valence-corrected chi connectivity index (χ2v) is 5.27. The predicted octanol–water partition coefficient (Wildman–Crippen LogP) is 2.04. The van der Waals surface area contributed by atoms with E-state index in [9.17, 15) is 18.8 Å². The number of esters is 1. The van der Waals surface area contributed by atoms with Crippen LogP contribution in [0.3, 0.4) is 0 Å². The van der Waals surface area contributed by atoms with Crippen LogP contribution in [-0.2, 0) is 9.53 Å². The van der Waals surface area contributed by atoms with Crippen molar-refractivity contribution in [3.8, 4) is 5.75 Å². The Labute approximate surface area is 142 Å². The van der Waals surface area contributed by atoms with Crippen LogP contribution >= 0.6 is 0 Å². The lowest BCUT2D eigenvalue weighted by atomic mass is 10.1. The van der Waals surface area contributed by atoms with Crippen molar-refractivity contribution in [2.45, 2.75) is 0 Å². The molecule has 0 fully saturated rings. The first-order chi connectivity index (χ1) is 12.1. The average molecular weight is 343 g/mol. The number of fused-ring (bicyclic) bond motifs is 1. The van der Waals surface area contributed by atoms with E-state index in [1.807, 2.05) is 0 Å². The Balaban J connectivity index is 1.45. The van der Waals surface area contributed by atoms with Gasteiger partial charge in [-0.05, 0) is 36.4 Å². The molecule has 2 aromatic carbocycles. The van der Waals surface area contributed by atoms with Gasteiger partial charge >= 0.3 is 5.97 Å². The molecule has 2 aromatic rings. The van der Waals surface area contributed by atoms with Gasteiger partial charge in [-0.1, -0.05) is 12.1 Å². The fraction of sp³-hybridized carbons (Fsp3) is 0.167. The quantitative estimate of drug-likeness (QED) is 0.593. The van der Waals surface area contributed by atoms with Gasteiger partial charge in [0.15, 0.2) is 6.61 Å². The minimum Gasteiger partial charge on any atom is -0.482 e. The Kier molecular flexibility index (Phi) is 4.74. The summed E-state index contributed by atoms with van der Waals surface area (Å²) >= 11 is 0. The van der Waals surface area contributed by atoms with Crippen molar-refractivity contribution in [1.29, 1.82) is 0 Å². The summed E-state index contributed by atoms with van der Waals surface area (Å²) in [7, 11) is 0. The van der Waals surface area contributed by atoms with Crippen LogP contribution in [0.4, 0.5) is 4.39 Å². The number of hydrogen-bond donors (Lipinski definition) is 0. The molecule has 6 nitrogen and oxygen atoms in total. The molecule has 0 saturated heterocycles. The van der Waals surface area contributed by atoms with Crippen molar-refractivity contribution in [1.82, 2.24) is 4.90 Å². The van der Waals surface area contributed by atoms with E-state index in [-0.39, 0.29) is 19.8 Å². The zero-order valence-corrected chi connectivity index (χ0v) is 13.1. The molecule has 1 aliphatic rings. The number of nitrogens with zero attached hydrogens (tertiary/aromatic N) is 1. The van der Waals surface area contributed by atoms with Crippen LogP contribution in [0.1, 0.15) is 20.7 Å². The van der Waals surface area contributed by atoms with E-state index in [1.54, 1.807) is 24.3 Å². The fourth-order valence-corrected chi connectivity index (χ4v) is 2.41. The number of ether oxygens (including phenoxy) is 2. The topological polar surface area (TPSA) is 72.9 Å². The maximum absolute atomic E-state index is 12.8. The molecule has 128 valence electrons. The monoisotopic (exact) mass is 343 g/mol. The molecule has 3 rings (SSSR count). The maximum Gasteiger partial charge on any atom is 0.344 e. The number of carbonyl (C=O) groups is 3. The zero-order valence-electron chi connectivity index (χ0n) is 13.1. The van der Waals surface area contributed by atoms with Crippen molar-refractivity contribution in [3.05, 3.63) is 65.5 Å². The van der Waals surface area contributed by atoms with E-state index in [0.717, 1.165) is 4.90 Å². The van der Waals surface area contributed by atoms with Gasteiger partial charge in [-0.25, -0.2) is 9.18 Å². The highest BCUT2D eigenvalue weighted by Gasteiger charge is 2.34. The lowest BCUT2D eigenvalue weighted by Gasteiger charge is -2.14. The first-order valence-electron chi connectivity index (χ1n) is 7.55. The van der Waals surface area contributed by atoms with E-state index in [2.05, 4.69) is 0 Å². The lowest BCUT2D eigenvalue weighted by molar-refractivity contribution is -0.146. The van der Waals surface area contributed by atoms with E-state index >= 15 is 0 Å². The minimum atomic E-state index is -0.652. The van der Waals surface area contributed by atoms with Crippen LogP contribution in [0.15, 0.2) is 48.5 Å². The van der Waals surface area contributed by atoms with Gasteiger partial charge in [-0.2, -0.15) is 0 Å². The Bertz CT molecular complexity index is 783. The normalized spacial score (nSPS) is 12.9. The summed E-state index contributed by atoms with van der Waals surface area (Å²) in [4.78, 5) is 36.9. The summed E-state index contributed by atoms with van der Waals surface area (Å²) in [5.74, 6) is -1.53. The third-order valence-corrected chi connectivity index (χ3v) is 3.63. The molecule has 0 aliphatic carbocycles. The number of carbonyl (C=O) groups excluding carboxylic acids is 3. The van der Waals surface area contributed by atoms with Gasteiger partial charge in [0.25, 0.3) is 11.8 Å². The summed E-state index contributed by atoms with van der Waals surface area (Å²) in [5, 5.41) is 0. The number of hydrogen-bond acceptors (Lipinski definition) is 5. The van der Waals surface area contributed by atoms with Crippen LogP contribution in [0.2, 0.25) is 0 Å². The summed E-state index contributed by atoms with van der Waals surface area (Å²) in [5.41, 5.74) is 0.692. The fourth-order valence-electron chi connectivity index (χ4n) is 2.41. The zero-order chi connectivity index (χ0) is 17.8. The molecule has 0 atom stereocenters. The molecule has 0 radical (unpaired) electrons. The van der Waals surface area contributed by atoms with E-state index in [0.29, 0.717) is 16.9 Å². The first-order valence-corrected chi connectivity index (χ1v) is 7.55. The number of halogens is 1. The molecule has 0 saturated carbocycles. The summed E-state index contributed by atoms with van der Waals surface area (Å²) in [6.45, 7) is -0.514. The van der Waals surface area contributed by atoms with Gasteiger partial charge in [-0.3, -0.25) is 14.5 Å². The summed E-state index contributed by atoms with van der Waals surface area (Å²) in [6.07, 6.45) is 0. The molecule has 0 unspecified atom stereocenters. The largest absolute Gasteiger partial charge is 0.482 e. The van der Waals surface area contributed by atoms with Gasteiger partial charge in [0, 0.05) is 0 Å². The van der Waals surface area contributed by atoms with Crippen LogP contribution in [0.5, 0.6) is 5.75 Å². The standard InChI is InChI=1S/C18H14FNO5/c19-12-5-7-13(8-6-12)25-11-16(21)24-10-9-20-17(22)14-3-1-2-4-15(14)18(20)23/h1-8H,9-11H2. The van der Waals surface area contributed by atoms with Gasteiger partial charge < -0.3 is 9.47 Å². The van der Waals surface area contributed by atoms with Crippen molar-refractivity contribution >= 4 is 17.8 Å². The second kappa shape index (κ2) is 7.12. The van der Waals surface area contributed by atoms with Gasteiger partial charge in [0.2, 0.25) is 0 Å². The summed E-state index contributed by atoms with van der Waals surface area (Å²) in [6, 6.07) is 11.7. The Morgan fingerprint density at radius 2 is 1.56 bits per heavy atom. The average Bonchev–Trinajstić information content (AvgIpc) is 2.86. The summed E-state index contributed by atoms with van der Waals surface area (Å²) < 4.78 is 22.9. The third-order valence-electron chi connectivity index (χ3n) is 3.63. The number of amides is 2. The first kappa shape index (κ1) is 16.6. The third kappa shape index (κ3) is 3.65. The van der Waals surface area contributed by atoms with Gasteiger partial charge in [-0.15, -0.1) is 0 Å². The van der Waals surface area contributed by atoms with Crippen molar-refractivity contribution < 1.29 is 28.2 Å². The van der Waals surface area contributed by atoms with Crippen LogP contribution in [0.25, 0.3) is 0 Å². The maximum atomic E-state index is 12.8. The highest BCUT2D eigenvalue weighted by Crippen LogP contribution is 2.21. The Hall–Kier alpha value is -3.22. The predicted molar refractivity (Wildman–Crippen MR) is 84.7 cm³/mol. The number of imide groups is 1. The Morgan fingerprint density at radius 3 is 2.16 bits per heavy atom. The lowest BCUT2D eigenvalue weighted by Crippen LogP contribution is -2.33. The van der Waals surface area contributed by atoms with E-state index in [4.69, 9.17) is 9.47 Å². The molecule has 0 aromatic heterocycles. The molecule has 1 heterocycles. The SMILES string of the molecule is O=C(COc1ccc(F)cc1)OCCN1C(=O)c2ccccc2C1=O. The molecule has 0 spiro atoms. The number of benzene rings is 2. The highest BCUT2D eigenvalue weighted by molar-refractivity contribution is 6.21. The molecular weight excluding hydrogens is 329 g/mol. The smallest absolute Gasteiger partial charge is 0.344 e. The molecule has 0 bridgehead atoms. The molecule has 1 aliphatic heterocycles. The molecule has 2 amide bonds. The van der Waals surface area contributed by atoms with Gasteiger partial charge in [0.05, 0.1) is 17.7 Å². The number of rotatable bonds is 6. The van der Waals surface area contributed by atoms with Crippen molar-refractivity contribution in [3.63, 3.8) is 0 Å².